The number of phenolic OH excluding ortho intramolecular Hbond substituents is 1. The molecule has 1 aromatic heterocycles. The van der Waals surface area contributed by atoms with E-state index in [2.05, 4.69) is 10.1 Å². The van der Waals surface area contributed by atoms with Crippen LogP contribution in [-0.2, 0) is 6.54 Å². The highest BCUT2D eigenvalue weighted by molar-refractivity contribution is 5.94. The minimum absolute atomic E-state index is 0.0600. The third kappa shape index (κ3) is 3.85. The second kappa shape index (κ2) is 7.61. The molecule has 6 nitrogen and oxygen atoms in total. The third-order valence-corrected chi connectivity index (χ3v) is 3.93. The fourth-order valence-electron chi connectivity index (χ4n) is 2.65. The molecule has 1 heterocycles. The molecule has 3 aromatic rings. The zero-order chi connectivity index (χ0) is 17.6. The van der Waals surface area contributed by atoms with Gasteiger partial charge in [-0.1, -0.05) is 25.1 Å². The smallest absolute Gasteiger partial charge is 0.254 e. The summed E-state index contributed by atoms with van der Waals surface area (Å²) in [5.41, 5.74) is 2.19. The van der Waals surface area contributed by atoms with Gasteiger partial charge in [0.25, 0.3) is 5.91 Å². The molecule has 0 unspecified atom stereocenters. The molecule has 0 fully saturated rings. The van der Waals surface area contributed by atoms with E-state index in [1.165, 1.54) is 6.33 Å². The number of para-hydroxylation sites is 1. The number of phenols is 1. The lowest BCUT2D eigenvalue weighted by Crippen LogP contribution is -2.31. The van der Waals surface area contributed by atoms with E-state index in [1.807, 2.05) is 31.2 Å². The molecule has 0 aliphatic carbocycles. The van der Waals surface area contributed by atoms with E-state index in [-0.39, 0.29) is 11.7 Å². The molecule has 0 saturated carbocycles. The molecule has 1 N–H and O–H groups in total. The molecule has 0 spiro atoms. The Kier molecular flexibility index (Phi) is 5.09. The zero-order valence-corrected chi connectivity index (χ0v) is 14.0. The van der Waals surface area contributed by atoms with Gasteiger partial charge in [-0.15, -0.1) is 0 Å². The van der Waals surface area contributed by atoms with Gasteiger partial charge in [-0.25, -0.2) is 9.67 Å². The molecule has 3 rings (SSSR count). The number of benzene rings is 2. The predicted octanol–water partition coefficient (Wildman–Crippen LogP) is 3.03. The highest BCUT2D eigenvalue weighted by Crippen LogP contribution is 2.19. The van der Waals surface area contributed by atoms with Gasteiger partial charge in [0.1, 0.15) is 18.4 Å². The van der Waals surface area contributed by atoms with Gasteiger partial charge < -0.3 is 10.0 Å². The van der Waals surface area contributed by atoms with E-state index in [0.717, 1.165) is 17.7 Å². The molecule has 0 aliphatic rings. The van der Waals surface area contributed by atoms with Gasteiger partial charge >= 0.3 is 0 Å². The SMILES string of the molecule is CCCN(Cc1ccccc1O)C(=O)c1ccc(-n2cncn2)cc1. The standard InChI is InChI=1S/C19H20N4O2/c1-2-11-22(12-16-5-3-4-6-18(16)24)19(25)15-7-9-17(10-8-15)23-14-20-13-21-23/h3-10,13-14,24H,2,11-12H2,1H3. The van der Waals surface area contributed by atoms with E-state index in [0.29, 0.717) is 18.7 Å². The number of aromatic nitrogens is 3. The quantitative estimate of drug-likeness (QED) is 0.751. The molecule has 0 aliphatic heterocycles. The maximum absolute atomic E-state index is 12.9. The number of amides is 1. The molecular weight excluding hydrogens is 316 g/mol. The molecule has 2 aromatic carbocycles. The predicted molar refractivity (Wildman–Crippen MR) is 94.5 cm³/mol. The summed E-state index contributed by atoms with van der Waals surface area (Å²) in [6.45, 7) is 3.03. The first kappa shape index (κ1) is 16.7. The lowest BCUT2D eigenvalue weighted by molar-refractivity contribution is 0.0742. The molecule has 0 radical (unpaired) electrons. The van der Waals surface area contributed by atoms with Crippen LogP contribution in [0.5, 0.6) is 5.75 Å². The van der Waals surface area contributed by atoms with Crippen LogP contribution >= 0.6 is 0 Å². The molecule has 6 heteroatoms. The summed E-state index contributed by atoms with van der Waals surface area (Å²) in [6, 6.07) is 14.3. The van der Waals surface area contributed by atoms with Crippen molar-refractivity contribution >= 4 is 5.91 Å². The molecule has 25 heavy (non-hydrogen) atoms. The molecule has 0 saturated heterocycles. The largest absolute Gasteiger partial charge is 0.508 e. The van der Waals surface area contributed by atoms with Crippen LogP contribution in [0.25, 0.3) is 5.69 Å². The number of hydrogen-bond acceptors (Lipinski definition) is 4. The summed E-state index contributed by atoms with van der Waals surface area (Å²) >= 11 is 0. The van der Waals surface area contributed by atoms with Gasteiger partial charge in [0, 0.05) is 24.2 Å². The van der Waals surface area contributed by atoms with Crippen LogP contribution < -0.4 is 0 Å². The Morgan fingerprint density at radius 2 is 1.92 bits per heavy atom. The van der Waals surface area contributed by atoms with Gasteiger partial charge in [-0.2, -0.15) is 5.10 Å². The molecule has 128 valence electrons. The summed E-state index contributed by atoms with van der Waals surface area (Å²) in [6.07, 6.45) is 3.92. The average molecular weight is 336 g/mol. The topological polar surface area (TPSA) is 71.2 Å². The van der Waals surface area contributed by atoms with Crippen molar-refractivity contribution in [3.05, 3.63) is 72.3 Å². The maximum atomic E-state index is 12.9. The fourth-order valence-corrected chi connectivity index (χ4v) is 2.65. The van der Waals surface area contributed by atoms with E-state index in [1.54, 1.807) is 40.2 Å². The van der Waals surface area contributed by atoms with Crippen molar-refractivity contribution in [2.75, 3.05) is 6.54 Å². The van der Waals surface area contributed by atoms with E-state index in [9.17, 15) is 9.90 Å². The second-order valence-electron chi connectivity index (χ2n) is 5.74. The number of rotatable bonds is 6. The van der Waals surface area contributed by atoms with Crippen molar-refractivity contribution in [2.24, 2.45) is 0 Å². The Morgan fingerprint density at radius 1 is 1.16 bits per heavy atom. The highest BCUT2D eigenvalue weighted by atomic mass is 16.3. The van der Waals surface area contributed by atoms with E-state index >= 15 is 0 Å². The first-order chi connectivity index (χ1) is 12.2. The molecular formula is C19H20N4O2. The summed E-state index contributed by atoms with van der Waals surface area (Å²) in [5, 5.41) is 14.0. The van der Waals surface area contributed by atoms with E-state index in [4.69, 9.17) is 0 Å². The van der Waals surface area contributed by atoms with Gasteiger partial charge in [-0.3, -0.25) is 4.79 Å². The van der Waals surface area contributed by atoms with Crippen LogP contribution in [0.1, 0.15) is 29.3 Å². The maximum Gasteiger partial charge on any atom is 0.254 e. The van der Waals surface area contributed by atoms with E-state index < -0.39 is 0 Å². The van der Waals surface area contributed by atoms with Gasteiger partial charge in [0.2, 0.25) is 0 Å². The highest BCUT2D eigenvalue weighted by Gasteiger charge is 2.17. The Balaban J connectivity index is 1.79. The Labute approximate surface area is 146 Å². The minimum atomic E-state index is -0.0600. The van der Waals surface area contributed by atoms with Crippen LogP contribution in [0, 0.1) is 0 Å². The van der Waals surface area contributed by atoms with Gasteiger partial charge in [-0.05, 0) is 36.8 Å². The normalized spacial score (nSPS) is 10.6. The summed E-state index contributed by atoms with van der Waals surface area (Å²) < 4.78 is 1.64. The first-order valence-corrected chi connectivity index (χ1v) is 8.20. The van der Waals surface area contributed by atoms with Crippen molar-refractivity contribution in [1.29, 1.82) is 0 Å². The van der Waals surface area contributed by atoms with Crippen LogP contribution in [0.2, 0.25) is 0 Å². The summed E-state index contributed by atoms with van der Waals surface area (Å²) in [5.74, 6) is 0.146. The third-order valence-electron chi connectivity index (χ3n) is 3.93. The van der Waals surface area contributed by atoms with Crippen molar-refractivity contribution < 1.29 is 9.90 Å². The van der Waals surface area contributed by atoms with Crippen molar-refractivity contribution in [3.8, 4) is 11.4 Å². The zero-order valence-electron chi connectivity index (χ0n) is 14.0. The van der Waals surface area contributed by atoms with Crippen molar-refractivity contribution in [3.63, 3.8) is 0 Å². The van der Waals surface area contributed by atoms with Crippen LogP contribution in [0.15, 0.2) is 61.2 Å². The molecule has 0 bridgehead atoms. The van der Waals surface area contributed by atoms with Crippen molar-refractivity contribution in [2.45, 2.75) is 19.9 Å². The monoisotopic (exact) mass is 336 g/mol. The minimum Gasteiger partial charge on any atom is -0.508 e. The Morgan fingerprint density at radius 3 is 2.56 bits per heavy atom. The summed E-state index contributed by atoms with van der Waals surface area (Å²) in [4.78, 5) is 18.5. The number of carbonyl (C=O) groups is 1. The lowest BCUT2D eigenvalue weighted by Gasteiger charge is -2.23. The number of carbonyl (C=O) groups excluding carboxylic acids is 1. The second-order valence-corrected chi connectivity index (χ2v) is 5.74. The fraction of sp³-hybridized carbons (Fsp3) is 0.211. The van der Waals surface area contributed by atoms with Crippen LogP contribution in [0.4, 0.5) is 0 Å². The lowest BCUT2D eigenvalue weighted by atomic mass is 10.1. The van der Waals surface area contributed by atoms with Gasteiger partial charge in [0.15, 0.2) is 0 Å². The Bertz CT molecular complexity index is 829. The van der Waals surface area contributed by atoms with Crippen LogP contribution in [-0.4, -0.2) is 37.2 Å². The van der Waals surface area contributed by atoms with Crippen LogP contribution in [0.3, 0.4) is 0 Å². The molecule has 1 amide bonds. The van der Waals surface area contributed by atoms with Gasteiger partial charge in [0.05, 0.1) is 5.69 Å². The first-order valence-electron chi connectivity index (χ1n) is 8.20. The average Bonchev–Trinajstić information content (AvgIpc) is 3.17. The molecule has 0 atom stereocenters. The van der Waals surface area contributed by atoms with Crippen molar-refractivity contribution in [1.82, 2.24) is 19.7 Å². The summed E-state index contributed by atoms with van der Waals surface area (Å²) in [7, 11) is 0. The number of aromatic hydroxyl groups is 1. The number of nitrogens with zero attached hydrogens (tertiary/aromatic N) is 4. The Hall–Kier alpha value is -3.15. The number of hydrogen-bond donors (Lipinski definition) is 1.